The van der Waals surface area contributed by atoms with Gasteiger partial charge in [-0.1, -0.05) is 26.0 Å². The fraction of sp³-hybridized carbons (Fsp3) is 0.682. The molecule has 30 heavy (non-hydrogen) atoms. The van der Waals surface area contributed by atoms with E-state index in [4.69, 9.17) is 4.74 Å². The van der Waals surface area contributed by atoms with Gasteiger partial charge in [0.05, 0.1) is 17.5 Å². The Morgan fingerprint density at radius 1 is 1.20 bits per heavy atom. The molecule has 2 atom stereocenters. The lowest BCUT2D eigenvalue weighted by atomic mass is 10.0. The molecule has 3 N–H and O–H groups in total. The first-order valence-electron chi connectivity index (χ1n) is 11.0. The fourth-order valence-electron chi connectivity index (χ4n) is 3.24. The van der Waals surface area contributed by atoms with Crippen molar-refractivity contribution in [2.24, 2.45) is 10.9 Å². The number of nitrogens with one attached hydrogen (secondary N) is 3. The first-order valence-corrected chi connectivity index (χ1v) is 12.5. The second-order valence-electron chi connectivity index (χ2n) is 8.34. The van der Waals surface area contributed by atoms with Gasteiger partial charge in [-0.2, -0.15) is 0 Å². The van der Waals surface area contributed by atoms with Crippen molar-refractivity contribution in [1.29, 1.82) is 0 Å². The largest absolute Gasteiger partial charge is 0.377 e. The summed E-state index contributed by atoms with van der Waals surface area (Å²) in [7, 11) is -3.52. The first-order chi connectivity index (χ1) is 14.3. The summed E-state index contributed by atoms with van der Waals surface area (Å²) in [6, 6.07) is 7.24. The molecule has 8 heteroatoms. The van der Waals surface area contributed by atoms with E-state index in [0.717, 1.165) is 37.3 Å². The van der Waals surface area contributed by atoms with E-state index in [1.165, 1.54) is 6.42 Å². The molecule has 1 fully saturated rings. The highest BCUT2D eigenvalue weighted by atomic mass is 32.2. The Kier molecular flexibility index (Phi) is 10.1. The third kappa shape index (κ3) is 8.62. The molecule has 1 aliphatic rings. The van der Waals surface area contributed by atoms with Crippen LogP contribution in [0.5, 0.6) is 0 Å². The molecule has 1 aliphatic heterocycles. The molecule has 1 saturated heterocycles. The number of hydrogen-bond donors (Lipinski definition) is 3. The second-order valence-corrected chi connectivity index (χ2v) is 10.1. The van der Waals surface area contributed by atoms with Crippen LogP contribution in [0.2, 0.25) is 0 Å². The van der Waals surface area contributed by atoms with Crippen molar-refractivity contribution in [3.05, 3.63) is 29.8 Å². The average Bonchev–Trinajstić information content (AvgIpc) is 3.23. The Balaban J connectivity index is 1.91. The van der Waals surface area contributed by atoms with Crippen molar-refractivity contribution in [2.45, 2.75) is 77.0 Å². The summed E-state index contributed by atoms with van der Waals surface area (Å²) in [6.45, 7) is 11.0. The van der Waals surface area contributed by atoms with E-state index in [1.54, 1.807) is 12.1 Å². The maximum Gasteiger partial charge on any atom is 0.240 e. The van der Waals surface area contributed by atoms with Crippen molar-refractivity contribution in [1.82, 2.24) is 15.4 Å². The van der Waals surface area contributed by atoms with Crippen molar-refractivity contribution in [2.75, 3.05) is 19.7 Å². The Morgan fingerprint density at radius 2 is 1.93 bits per heavy atom. The molecule has 0 spiro atoms. The molecule has 2 rings (SSSR count). The van der Waals surface area contributed by atoms with Crippen LogP contribution < -0.4 is 15.4 Å². The van der Waals surface area contributed by atoms with Crippen LogP contribution in [0.4, 0.5) is 0 Å². The highest BCUT2D eigenvalue weighted by molar-refractivity contribution is 7.89. The molecule has 170 valence electrons. The summed E-state index contributed by atoms with van der Waals surface area (Å²) >= 11 is 0. The lowest BCUT2D eigenvalue weighted by Gasteiger charge is -2.18. The van der Waals surface area contributed by atoms with Crippen LogP contribution >= 0.6 is 0 Å². The Bertz CT molecular complexity index is 757. The van der Waals surface area contributed by atoms with E-state index < -0.39 is 10.0 Å². The third-order valence-corrected chi connectivity index (χ3v) is 6.52. The van der Waals surface area contributed by atoms with Crippen molar-refractivity contribution >= 4 is 16.0 Å². The van der Waals surface area contributed by atoms with Gasteiger partial charge in [-0.05, 0) is 63.1 Å². The van der Waals surface area contributed by atoms with E-state index >= 15 is 0 Å². The van der Waals surface area contributed by atoms with Crippen LogP contribution in [0.15, 0.2) is 34.2 Å². The minimum atomic E-state index is -3.52. The van der Waals surface area contributed by atoms with Crippen LogP contribution in [-0.4, -0.2) is 46.2 Å². The normalized spacial score (nSPS) is 18.6. The van der Waals surface area contributed by atoms with Gasteiger partial charge in [0.2, 0.25) is 10.0 Å². The highest BCUT2D eigenvalue weighted by Crippen LogP contribution is 2.14. The van der Waals surface area contributed by atoms with Crippen molar-refractivity contribution in [3.63, 3.8) is 0 Å². The summed E-state index contributed by atoms with van der Waals surface area (Å²) in [4.78, 5) is 4.91. The predicted octanol–water partition coefficient (Wildman–Crippen LogP) is 3.02. The van der Waals surface area contributed by atoms with Crippen LogP contribution in [0.3, 0.4) is 0 Å². The average molecular weight is 439 g/mol. The van der Waals surface area contributed by atoms with Crippen molar-refractivity contribution < 1.29 is 13.2 Å². The molecule has 0 radical (unpaired) electrons. The number of aliphatic imine (C=N–C) groups is 1. The molecule has 2 unspecified atom stereocenters. The standard InChI is InChI=1S/C22H38N4O3S/c1-5-23-22(26-18(4)9-8-17(2)3)24-15-19-10-12-21(13-11-19)30(27,28)25-16-20-7-6-14-29-20/h10-13,17-18,20,25H,5-9,14-16H2,1-4H3,(H2,23,24,26). The van der Waals surface area contributed by atoms with Gasteiger partial charge in [0, 0.05) is 25.7 Å². The molecule has 7 nitrogen and oxygen atoms in total. The summed E-state index contributed by atoms with van der Waals surface area (Å²) in [5, 5.41) is 6.72. The van der Waals surface area contributed by atoms with Crippen LogP contribution in [0.25, 0.3) is 0 Å². The van der Waals surface area contributed by atoms with E-state index in [9.17, 15) is 8.42 Å². The zero-order chi connectivity index (χ0) is 22.0. The maximum absolute atomic E-state index is 12.5. The number of ether oxygens (including phenoxy) is 1. The summed E-state index contributed by atoms with van der Waals surface area (Å²) < 4.78 is 33.1. The van der Waals surface area contributed by atoms with Gasteiger partial charge in [0.15, 0.2) is 5.96 Å². The van der Waals surface area contributed by atoms with Gasteiger partial charge < -0.3 is 15.4 Å². The monoisotopic (exact) mass is 438 g/mol. The lowest BCUT2D eigenvalue weighted by molar-refractivity contribution is 0.114. The molecule has 1 aromatic rings. The number of hydrogen-bond acceptors (Lipinski definition) is 4. The molecular formula is C22H38N4O3S. The first kappa shape index (κ1) is 24.6. The van der Waals surface area contributed by atoms with Crippen molar-refractivity contribution in [3.8, 4) is 0 Å². The topological polar surface area (TPSA) is 91.8 Å². The highest BCUT2D eigenvalue weighted by Gasteiger charge is 2.20. The molecular weight excluding hydrogens is 400 g/mol. The maximum atomic E-state index is 12.5. The van der Waals surface area contributed by atoms with E-state index in [-0.39, 0.29) is 11.0 Å². The number of rotatable bonds is 11. The minimum Gasteiger partial charge on any atom is -0.377 e. The number of sulfonamides is 1. The SMILES string of the molecule is CCNC(=NCc1ccc(S(=O)(=O)NCC2CCCO2)cc1)NC(C)CCC(C)C. The molecule has 1 aromatic carbocycles. The van der Waals surface area contributed by atoms with E-state index in [0.29, 0.717) is 31.7 Å². The fourth-order valence-corrected chi connectivity index (χ4v) is 4.31. The third-order valence-electron chi connectivity index (χ3n) is 5.08. The van der Waals surface area contributed by atoms with Gasteiger partial charge in [-0.3, -0.25) is 0 Å². The van der Waals surface area contributed by atoms with Gasteiger partial charge in [-0.25, -0.2) is 18.1 Å². The molecule has 0 bridgehead atoms. The second kappa shape index (κ2) is 12.3. The molecule has 1 heterocycles. The number of benzene rings is 1. The Hall–Kier alpha value is -1.64. The summed E-state index contributed by atoms with van der Waals surface area (Å²) in [5.74, 6) is 1.47. The van der Waals surface area contributed by atoms with Gasteiger partial charge in [0.1, 0.15) is 0 Å². The zero-order valence-corrected chi connectivity index (χ0v) is 19.6. The van der Waals surface area contributed by atoms with Gasteiger partial charge >= 0.3 is 0 Å². The molecule has 0 amide bonds. The number of guanidine groups is 1. The lowest BCUT2D eigenvalue weighted by Crippen LogP contribution is -2.42. The molecule has 0 aromatic heterocycles. The van der Waals surface area contributed by atoms with E-state index in [2.05, 4.69) is 41.1 Å². The van der Waals surface area contributed by atoms with Gasteiger partial charge in [-0.15, -0.1) is 0 Å². The summed E-state index contributed by atoms with van der Waals surface area (Å²) in [6.07, 6.45) is 4.13. The minimum absolute atomic E-state index is 0.0201. The zero-order valence-electron chi connectivity index (χ0n) is 18.8. The van der Waals surface area contributed by atoms with Gasteiger partial charge in [0.25, 0.3) is 0 Å². The predicted molar refractivity (Wildman–Crippen MR) is 122 cm³/mol. The van der Waals surface area contributed by atoms with Crippen LogP contribution in [-0.2, 0) is 21.3 Å². The van der Waals surface area contributed by atoms with E-state index in [1.807, 2.05) is 19.1 Å². The quantitative estimate of drug-likeness (QED) is 0.365. The Labute approximate surface area is 182 Å². The summed E-state index contributed by atoms with van der Waals surface area (Å²) in [5.41, 5.74) is 0.958. The number of nitrogens with zero attached hydrogens (tertiary/aromatic N) is 1. The molecule has 0 saturated carbocycles. The molecule has 0 aliphatic carbocycles. The van der Waals surface area contributed by atoms with Crippen LogP contribution in [0.1, 0.15) is 58.9 Å². The Morgan fingerprint density at radius 3 is 2.53 bits per heavy atom. The van der Waals surface area contributed by atoms with Crippen LogP contribution in [0, 0.1) is 5.92 Å². The smallest absolute Gasteiger partial charge is 0.240 e.